The summed E-state index contributed by atoms with van der Waals surface area (Å²) in [6, 6.07) is -0.944. The van der Waals surface area contributed by atoms with Gasteiger partial charge in [0, 0.05) is 11.5 Å². The summed E-state index contributed by atoms with van der Waals surface area (Å²) in [5.74, 6) is 0.0261. The highest BCUT2D eigenvalue weighted by Crippen LogP contribution is 2.14. The average Bonchev–Trinajstić information content (AvgIpc) is 2.61. The van der Waals surface area contributed by atoms with Gasteiger partial charge in [0.2, 0.25) is 0 Å². The Balaban J connectivity index is 3.90. The van der Waals surface area contributed by atoms with Crippen LogP contribution in [0.2, 0.25) is 0 Å². The molecule has 6 heteroatoms. The van der Waals surface area contributed by atoms with Crippen LogP contribution in [0.3, 0.4) is 0 Å². The third kappa shape index (κ3) is 18.6. The average molecular weight is 430 g/mol. The lowest BCUT2D eigenvalue weighted by molar-refractivity contribution is -0.138. The van der Waals surface area contributed by atoms with E-state index >= 15 is 0 Å². The maximum Gasteiger partial charge on any atom is 0.408 e. The normalized spacial score (nSPS) is 13.2. The Labute approximate surface area is 182 Å². The Bertz CT molecular complexity index is 486. The molecule has 0 aromatic carbocycles. The smallest absolute Gasteiger partial charge is 0.408 e. The second kappa shape index (κ2) is 16.6. The van der Waals surface area contributed by atoms with Crippen molar-refractivity contribution in [2.24, 2.45) is 0 Å². The number of rotatable bonds is 16. The van der Waals surface area contributed by atoms with Gasteiger partial charge in [-0.15, -0.1) is 0 Å². The van der Waals surface area contributed by atoms with Gasteiger partial charge in [0.05, 0.1) is 0 Å². The lowest BCUT2D eigenvalue weighted by Crippen LogP contribution is -2.44. The maximum atomic E-state index is 11.8. The van der Waals surface area contributed by atoms with Crippen LogP contribution in [0.1, 0.15) is 98.8 Å². The molecule has 0 aliphatic rings. The first kappa shape index (κ1) is 27.8. The van der Waals surface area contributed by atoms with Gasteiger partial charge in [0.25, 0.3) is 0 Å². The van der Waals surface area contributed by atoms with E-state index in [4.69, 9.17) is 4.74 Å². The monoisotopic (exact) mass is 429 g/mol. The molecule has 2 N–H and O–H groups in total. The number of carboxylic acids is 1. The van der Waals surface area contributed by atoms with Gasteiger partial charge in [-0.25, -0.2) is 9.59 Å². The van der Waals surface area contributed by atoms with Crippen LogP contribution in [-0.4, -0.2) is 40.3 Å². The summed E-state index contributed by atoms with van der Waals surface area (Å²) < 4.78 is 5.12. The molecule has 29 heavy (non-hydrogen) atoms. The molecule has 0 aliphatic carbocycles. The van der Waals surface area contributed by atoms with Crippen molar-refractivity contribution in [3.8, 4) is 0 Å². The minimum absolute atomic E-state index is 0.316. The standard InChI is InChI=1S/C23H43NO4S/c1-6-7-8-9-10-11-12-13-14-15-19(2)16-17-29-18-20(21(25)26)24-22(27)28-23(3,4)5/h16,20H,6-15,17-18H2,1-5H3,(H,24,27)(H,25,26)/b19-16+/t20-/m1/s1. The van der Waals surface area contributed by atoms with E-state index in [0.29, 0.717) is 5.75 Å². The van der Waals surface area contributed by atoms with Crippen LogP contribution in [0, 0.1) is 0 Å². The molecular formula is C23H43NO4S. The quantitative estimate of drug-likeness (QED) is 0.214. The van der Waals surface area contributed by atoms with Crippen LogP contribution in [-0.2, 0) is 9.53 Å². The van der Waals surface area contributed by atoms with Crippen molar-refractivity contribution in [3.05, 3.63) is 11.6 Å². The van der Waals surface area contributed by atoms with Crippen molar-refractivity contribution in [1.82, 2.24) is 5.32 Å². The summed E-state index contributed by atoms with van der Waals surface area (Å²) in [5, 5.41) is 11.7. The van der Waals surface area contributed by atoms with Gasteiger partial charge < -0.3 is 15.2 Å². The van der Waals surface area contributed by atoms with Gasteiger partial charge in [-0.05, 0) is 40.5 Å². The van der Waals surface area contributed by atoms with Gasteiger partial charge in [-0.2, -0.15) is 11.8 Å². The second-order valence-corrected chi connectivity index (χ2v) is 9.78. The number of hydrogen-bond donors (Lipinski definition) is 2. The van der Waals surface area contributed by atoms with E-state index in [1.807, 2.05) is 0 Å². The minimum atomic E-state index is -1.04. The van der Waals surface area contributed by atoms with Gasteiger partial charge in [0.15, 0.2) is 0 Å². The predicted molar refractivity (Wildman–Crippen MR) is 124 cm³/mol. The summed E-state index contributed by atoms with van der Waals surface area (Å²) in [6.07, 6.45) is 14.6. The molecule has 0 unspecified atom stereocenters. The number of carboxylic acid groups (broad SMARTS) is 1. The summed E-state index contributed by atoms with van der Waals surface area (Å²) in [6.45, 7) is 9.63. The maximum absolute atomic E-state index is 11.8. The third-order valence-electron chi connectivity index (χ3n) is 4.50. The van der Waals surface area contributed by atoms with Crippen LogP contribution in [0.4, 0.5) is 4.79 Å². The SMILES string of the molecule is CCCCCCCCCCC/C(C)=C/CSC[C@@H](NC(=O)OC(C)(C)C)C(=O)O. The third-order valence-corrected chi connectivity index (χ3v) is 5.47. The first-order valence-electron chi connectivity index (χ1n) is 11.1. The molecule has 0 bridgehead atoms. The summed E-state index contributed by atoms with van der Waals surface area (Å²) in [5.41, 5.74) is 0.710. The molecule has 1 amide bonds. The first-order chi connectivity index (χ1) is 13.7. The van der Waals surface area contributed by atoms with Crippen LogP contribution in [0.5, 0.6) is 0 Å². The number of ether oxygens (including phenoxy) is 1. The van der Waals surface area contributed by atoms with E-state index in [-0.39, 0.29) is 0 Å². The Morgan fingerprint density at radius 3 is 2.10 bits per heavy atom. The molecule has 0 heterocycles. The molecule has 0 aliphatic heterocycles. The molecule has 0 spiro atoms. The van der Waals surface area contributed by atoms with E-state index in [1.165, 1.54) is 75.1 Å². The van der Waals surface area contributed by atoms with Gasteiger partial charge >= 0.3 is 12.1 Å². The summed E-state index contributed by atoms with van der Waals surface area (Å²) >= 11 is 1.51. The van der Waals surface area contributed by atoms with Gasteiger partial charge in [0.1, 0.15) is 11.6 Å². The van der Waals surface area contributed by atoms with Crippen molar-refractivity contribution in [2.75, 3.05) is 11.5 Å². The number of carbonyl (C=O) groups excluding carboxylic acids is 1. The van der Waals surface area contributed by atoms with Gasteiger partial charge in [-0.3, -0.25) is 0 Å². The molecule has 170 valence electrons. The Hall–Kier alpha value is -1.17. The first-order valence-corrected chi connectivity index (χ1v) is 12.3. The Morgan fingerprint density at radius 2 is 1.59 bits per heavy atom. The molecule has 0 saturated heterocycles. The number of nitrogens with one attached hydrogen (secondary N) is 1. The van der Waals surface area contributed by atoms with Crippen molar-refractivity contribution < 1.29 is 19.4 Å². The molecule has 0 fully saturated rings. The fourth-order valence-corrected chi connectivity index (χ4v) is 3.83. The van der Waals surface area contributed by atoms with Crippen LogP contribution in [0.25, 0.3) is 0 Å². The largest absolute Gasteiger partial charge is 0.480 e. The molecule has 5 nitrogen and oxygen atoms in total. The second-order valence-electron chi connectivity index (χ2n) is 8.70. The Morgan fingerprint density at radius 1 is 1.03 bits per heavy atom. The van der Waals surface area contributed by atoms with Crippen LogP contribution in [0.15, 0.2) is 11.6 Å². The van der Waals surface area contributed by atoms with Crippen molar-refractivity contribution >= 4 is 23.8 Å². The predicted octanol–water partition coefficient (Wildman–Crippen LogP) is 6.56. The molecule has 1 atom stereocenters. The van der Waals surface area contributed by atoms with E-state index in [9.17, 15) is 14.7 Å². The van der Waals surface area contributed by atoms with Gasteiger partial charge in [-0.1, -0.05) is 69.9 Å². The molecular weight excluding hydrogens is 386 g/mol. The highest BCUT2D eigenvalue weighted by atomic mass is 32.2. The fraction of sp³-hybridized carbons (Fsp3) is 0.826. The van der Waals surface area contributed by atoms with Crippen LogP contribution < -0.4 is 5.32 Å². The zero-order valence-corrected chi connectivity index (χ0v) is 20.0. The lowest BCUT2D eigenvalue weighted by atomic mass is 10.0. The minimum Gasteiger partial charge on any atom is -0.480 e. The number of unbranched alkanes of at least 4 members (excludes halogenated alkanes) is 8. The molecule has 0 radical (unpaired) electrons. The number of thioether (sulfide) groups is 1. The van der Waals surface area contributed by atoms with Crippen molar-refractivity contribution in [3.63, 3.8) is 0 Å². The van der Waals surface area contributed by atoms with Crippen LogP contribution >= 0.6 is 11.8 Å². The zero-order valence-electron chi connectivity index (χ0n) is 19.2. The van der Waals surface area contributed by atoms with Crippen molar-refractivity contribution in [2.45, 2.75) is 110 Å². The van der Waals surface area contributed by atoms with Crippen molar-refractivity contribution in [1.29, 1.82) is 0 Å². The summed E-state index contributed by atoms with van der Waals surface area (Å²) in [7, 11) is 0. The molecule has 0 rings (SSSR count). The molecule has 0 aromatic heterocycles. The topological polar surface area (TPSA) is 75.6 Å². The van der Waals surface area contributed by atoms with E-state index < -0.39 is 23.7 Å². The lowest BCUT2D eigenvalue weighted by Gasteiger charge is -2.21. The number of amides is 1. The number of aliphatic carboxylic acids is 1. The highest BCUT2D eigenvalue weighted by Gasteiger charge is 2.23. The number of allylic oxidation sites excluding steroid dienone is 1. The number of carbonyl (C=O) groups is 2. The molecule has 0 aromatic rings. The highest BCUT2D eigenvalue weighted by molar-refractivity contribution is 7.99. The number of alkyl carbamates (subject to hydrolysis) is 1. The fourth-order valence-electron chi connectivity index (χ4n) is 2.83. The molecule has 0 saturated carbocycles. The van der Waals surface area contributed by atoms with E-state index in [1.54, 1.807) is 20.8 Å². The van der Waals surface area contributed by atoms with E-state index in [0.717, 1.165) is 12.2 Å². The number of hydrogen-bond acceptors (Lipinski definition) is 4. The summed E-state index contributed by atoms with van der Waals surface area (Å²) in [4.78, 5) is 23.1. The Kier molecular flexibility index (Phi) is 15.9. The zero-order chi connectivity index (χ0) is 22.1. The van der Waals surface area contributed by atoms with E-state index in [2.05, 4.69) is 25.2 Å².